The first-order valence-electron chi connectivity index (χ1n) is 7.36. The van der Waals surface area contributed by atoms with E-state index in [1.165, 1.54) is 0 Å². The average Bonchev–Trinajstić information content (AvgIpc) is 2.93. The maximum Gasteiger partial charge on any atom is 0.255 e. The first-order valence-corrected chi connectivity index (χ1v) is 7.36. The van der Waals surface area contributed by atoms with Crippen molar-refractivity contribution in [2.24, 2.45) is 0 Å². The van der Waals surface area contributed by atoms with Gasteiger partial charge in [-0.2, -0.15) is 0 Å². The Morgan fingerprint density at radius 1 is 1.13 bits per heavy atom. The molecular formula is C17H15N3O3. The van der Waals surface area contributed by atoms with Gasteiger partial charge >= 0.3 is 0 Å². The molecule has 23 heavy (non-hydrogen) atoms. The molecule has 0 saturated heterocycles. The van der Waals surface area contributed by atoms with Crippen LogP contribution in [0.25, 0.3) is 11.0 Å². The quantitative estimate of drug-likeness (QED) is 0.763. The molecule has 0 aliphatic carbocycles. The van der Waals surface area contributed by atoms with E-state index in [0.717, 1.165) is 16.9 Å². The van der Waals surface area contributed by atoms with Gasteiger partial charge in [0.1, 0.15) is 19.0 Å². The molecule has 6 heteroatoms. The summed E-state index contributed by atoms with van der Waals surface area (Å²) in [6.45, 7) is 2.94. The van der Waals surface area contributed by atoms with E-state index in [1.807, 2.05) is 13.0 Å². The second kappa shape index (κ2) is 5.31. The summed E-state index contributed by atoms with van der Waals surface area (Å²) in [5.74, 6) is 1.98. The van der Waals surface area contributed by atoms with Crippen LogP contribution in [0.2, 0.25) is 0 Å². The number of carbonyl (C=O) groups is 1. The molecule has 0 saturated carbocycles. The van der Waals surface area contributed by atoms with Crippen LogP contribution in [0, 0.1) is 6.92 Å². The molecule has 3 aromatic rings. The van der Waals surface area contributed by atoms with Crippen molar-refractivity contribution in [3.63, 3.8) is 0 Å². The van der Waals surface area contributed by atoms with Crippen LogP contribution in [0.5, 0.6) is 11.5 Å². The summed E-state index contributed by atoms with van der Waals surface area (Å²) in [6, 6.07) is 10.7. The van der Waals surface area contributed by atoms with Gasteiger partial charge in [-0.1, -0.05) is 0 Å². The molecule has 0 atom stereocenters. The summed E-state index contributed by atoms with van der Waals surface area (Å²) in [5.41, 5.74) is 2.92. The van der Waals surface area contributed by atoms with Crippen molar-refractivity contribution in [3.05, 3.63) is 47.8 Å². The fraction of sp³-hybridized carbons (Fsp3) is 0.176. The highest BCUT2D eigenvalue weighted by atomic mass is 16.6. The zero-order valence-corrected chi connectivity index (χ0v) is 12.6. The summed E-state index contributed by atoms with van der Waals surface area (Å²) in [4.78, 5) is 19.9. The van der Waals surface area contributed by atoms with Crippen LogP contribution in [-0.4, -0.2) is 29.1 Å². The van der Waals surface area contributed by atoms with E-state index in [4.69, 9.17) is 9.47 Å². The second-order valence-corrected chi connectivity index (χ2v) is 5.37. The number of H-pyrrole nitrogens is 1. The van der Waals surface area contributed by atoms with Gasteiger partial charge in [0, 0.05) is 17.3 Å². The molecule has 0 bridgehead atoms. The SMILES string of the molecule is Cc1nc2ccc(C(=O)Nc3ccc4c(c3)OCCO4)cc2[nH]1. The number of ether oxygens (including phenoxy) is 2. The normalized spacial score (nSPS) is 13.1. The van der Waals surface area contributed by atoms with Gasteiger partial charge in [-0.15, -0.1) is 0 Å². The molecule has 0 unspecified atom stereocenters. The number of imidazole rings is 1. The number of rotatable bonds is 2. The van der Waals surface area contributed by atoms with Gasteiger partial charge in [0.25, 0.3) is 5.91 Å². The summed E-state index contributed by atoms with van der Waals surface area (Å²) < 4.78 is 11.0. The van der Waals surface area contributed by atoms with E-state index < -0.39 is 0 Å². The van der Waals surface area contributed by atoms with Gasteiger partial charge in [0.15, 0.2) is 11.5 Å². The predicted octanol–water partition coefficient (Wildman–Crippen LogP) is 2.89. The van der Waals surface area contributed by atoms with Crippen molar-refractivity contribution in [1.82, 2.24) is 9.97 Å². The highest BCUT2D eigenvalue weighted by Crippen LogP contribution is 2.32. The van der Waals surface area contributed by atoms with Crippen LogP contribution in [0.4, 0.5) is 5.69 Å². The fourth-order valence-corrected chi connectivity index (χ4v) is 2.60. The molecule has 6 nitrogen and oxygen atoms in total. The Balaban J connectivity index is 1.58. The smallest absolute Gasteiger partial charge is 0.255 e. The highest BCUT2D eigenvalue weighted by Gasteiger charge is 2.14. The first-order chi connectivity index (χ1) is 11.2. The number of benzene rings is 2. The van der Waals surface area contributed by atoms with Gasteiger partial charge < -0.3 is 19.8 Å². The molecule has 4 rings (SSSR count). The van der Waals surface area contributed by atoms with Crippen LogP contribution in [-0.2, 0) is 0 Å². The molecule has 1 aromatic heterocycles. The number of aromatic amines is 1. The Hall–Kier alpha value is -3.02. The Morgan fingerprint density at radius 2 is 1.96 bits per heavy atom. The maximum atomic E-state index is 12.4. The lowest BCUT2D eigenvalue weighted by Gasteiger charge is -2.19. The lowest BCUT2D eigenvalue weighted by atomic mass is 10.2. The molecule has 0 fully saturated rings. The minimum Gasteiger partial charge on any atom is -0.486 e. The Morgan fingerprint density at radius 3 is 2.83 bits per heavy atom. The van der Waals surface area contributed by atoms with Crippen LogP contribution in [0.3, 0.4) is 0 Å². The number of amides is 1. The van der Waals surface area contributed by atoms with Gasteiger partial charge in [-0.3, -0.25) is 4.79 Å². The van der Waals surface area contributed by atoms with E-state index in [0.29, 0.717) is 36.0 Å². The summed E-state index contributed by atoms with van der Waals surface area (Å²) in [7, 11) is 0. The fourth-order valence-electron chi connectivity index (χ4n) is 2.60. The summed E-state index contributed by atoms with van der Waals surface area (Å²) in [5, 5.41) is 2.87. The Kier molecular flexibility index (Phi) is 3.15. The second-order valence-electron chi connectivity index (χ2n) is 5.37. The van der Waals surface area contributed by atoms with Crippen LogP contribution in [0.15, 0.2) is 36.4 Å². The largest absolute Gasteiger partial charge is 0.486 e. The molecule has 0 spiro atoms. The van der Waals surface area contributed by atoms with Crippen molar-refractivity contribution in [2.75, 3.05) is 18.5 Å². The van der Waals surface area contributed by atoms with Gasteiger partial charge in [0.05, 0.1) is 11.0 Å². The van der Waals surface area contributed by atoms with Gasteiger partial charge in [-0.25, -0.2) is 4.98 Å². The number of carbonyl (C=O) groups excluding carboxylic acids is 1. The van der Waals surface area contributed by atoms with Crippen molar-refractivity contribution >= 4 is 22.6 Å². The summed E-state index contributed by atoms with van der Waals surface area (Å²) >= 11 is 0. The van der Waals surface area contributed by atoms with E-state index in [2.05, 4.69) is 15.3 Å². The lowest BCUT2D eigenvalue weighted by molar-refractivity contribution is 0.102. The molecule has 2 aromatic carbocycles. The molecule has 0 radical (unpaired) electrons. The number of hydrogen-bond acceptors (Lipinski definition) is 4. The maximum absolute atomic E-state index is 12.4. The predicted molar refractivity (Wildman–Crippen MR) is 86.2 cm³/mol. The number of aryl methyl sites for hydroxylation is 1. The molecule has 116 valence electrons. The standard InChI is InChI=1S/C17H15N3O3/c1-10-18-13-4-2-11(8-14(13)19-10)17(21)20-12-3-5-15-16(9-12)23-7-6-22-15/h2-5,8-9H,6-7H2,1H3,(H,18,19)(H,20,21). The highest BCUT2D eigenvalue weighted by molar-refractivity contribution is 6.06. The minimum absolute atomic E-state index is 0.184. The molecule has 1 aliphatic heterocycles. The first kappa shape index (κ1) is 13.6. The number of aromatic nitrogens is 2. The number of anilines is 1. The third-order valence-electron chi connectivity index (χ3n) is 3.66. The number of hydrogen-bond donors (Lipinski definition) is 2. The number of nitrogens with one attached hydrogen (secondary N) is 2. The van der Waals surface area contributed by atoms with E-state index in [1.54, 1.807) is 30.3 Å². The van der Waals surface area contributed by atoms with Crippen LogP contribution >= 0.6 is 0 Å². The molecule has 2 N–H and O–H groups in total. The van der Waals surface area contributed by atoms with Gasteiger partial charge in [0.2, 0.25) is 0 Å². The minimum atomic E-state index is -0.184. The van der Waals surface area contributed by atoms with E-state index >= 15 is 0 Å². The molecular weight excluding hydrogens is 294 g/mol. The Bertz CT molecular complexity index is 901. The van der Waals surface area contributed by atoms with Crippen molar-refractivity contribution < 1.29 is 14.3 Å². The van der Waals surface area contributed by atoms with Crippen molar-refractivity contribution in [2.45, 2.75) is 6.92 Å². The third kappa shape index (κ3) is 2.59. The number of nitrogens with zero attached hydrogens (tertiary/aromatic N) is 1. The van der Waals surface area contributed by atoms with Crippen molar-refractivity contribution in [3.8, 4) is 11.5 Å². The van der Waals surface area contributed by atoms with Crippen LogP contribution in [0.1, 0.15) is 16.2 Å². The van der Waals surface area contributed by atoms with E-state index in [9.17, 15) is 4.79 Å². The Labute approximate surface area is 132 Å². The molecule has 2 heterocycles. The number of fused-ring (bicyclic) bond motifs is 2. The van der Waals surface area contributed by atoms with Crippen LogP contribution < -0.4 is 14.8 Å². The topological polar surface area (TPSA) is 76.2 Å². The molecule has 1 aliphatic rings. The lowest BCUT2D eigenvalue weighted by Crippen LogP contribution is -2.16. The third-order valence-corrected chi connectivity index (χ3v) is 3.66. The summed E-state index contributed by atoms with van der Waals surface area (Å²) in [6.07, 6.45) is 0. The zero-order valence-electron chi connectivity index (χ0n) is 12.6. The monoisotopic (exact) mass is 309 g/mol. The van der Waals surface area contributed by atoms with Crippen molar-refractivity contribution in [1.29, 1.82) is 0 Å². The van der Waals surface area contributed by atoms with Gasteiger partial charge in [-0.05, 0) is 37.3 Å². The average molecular weight is 309 g/mol. The molecule has 1 amide bonds. The van der Waals surface area contributed by atoms with E-state index in [-0.39, 0.29) is 5.91 Å². The zero-order chi connectivity index (χ0) is 15.8.